The molecule has 0 amide bonds. The van der Waals surface area contributed by atoms with E-state index in [9.17, 15) is 19.0 Å². The third-order valence-corrected chi connectivity index (χ3v) is 10.0. The molecule has 2 atom stereocenters. The summed E-state index contributed by atoms with van der Waals surface area (Å²) < 4.78 is 34.2. The maximum Gasteiger partial charge on any atom is 0.472 e. The molecule has 0 aromatic rings. The summed E-state index contributed by atoms with van der Waals surface area (Å²) in [5.41, 5.74) is 0. The van der Waals surface area contributed by atoms with Gasteiger partial charge < -0.3 is 18.9 Å². The fraction of sp³-hybridized carbons (Fsp3) is 0.739. The SMILES string of the molecule is CCCCC/C=C\C/C=C\C/C=C\C/C=C\CCCC(=O)OC[C@H](COP(=O)(O)OCC[N+](C)(C)C)OC(=O)CCCCCCCCC/C=C\CCCCCC. The lowest BCUT2D eigenvalue weighted by Gasteiger charge is -2.24. The van der Waals surface area contributed by atoms with E-state index < -0.39 is 32.5 Å². The summed E-state index contributed by atoms with van der Waals surface area (Å²) in [5, 5.41) is 0. The lowest BCUT2D eigenvalue weighted by Crippen LogP contribution is -2.37. The number of ether oxygens (including phenoxy) is 2. The Kier molecular flexibility index (Phi) is 36.7. The molecule has 0 radical (unpaired) electrons. The van der Waals surface area contributed by atoms with Crippen molar-refractivity contribution in [2.45, 2.75) is 174 Å². The summed E-state index contributed by atoms with van der Waals surface area (Å²) in [7, 11) is 1.44. The van der Waals surface area contributed by atoms with Crippen molar-refractivity contribution in [3.05, 3.63) is 60.8 Å². The maximum atomic E-state index is 12.7. The highest BCUT2D eigenvalue weighted by atomic mass is 31.2. The monoisotopic (exact) mass is 809 g/mol. The molecule has 1 unspecified atom stereocenters. The number of rotatable bonds is 39. The molecule has 324 valence electrons. The molecule has 0 aliphatic rings. The highest BCUT2D eigenvalue weighted by Gasteiger charge is 2.27. The van der Waals surface area contributed by atoms with E-state index in [0.717, 1.165) is 51.4 Å². The molecule has 0 spiro atoms. The largest absolute Gasteiger partial charge is 0.472 e. The third-order valence-electron chi connectivity index (χ3n) is 9.02. The summed E-state index contributed by atoms with van der Waals surface area (Å²) in [6, 6.07) is 0. The first-order valence-electron chi connectivity index (χ1n) is 22.0. The van der Waals surface area contributed by atoms with Crippen LogP contribution in [0.3, 0.4) is 0 Å². The molecule has 0 aromatic heterocycles. The number of unbranched alkanes of at least 4 members (excludes halogenated alkanes) is 15. The molecule has 1 N–H and O–H groups in total. The average molecular weight is 809 g/mol. The summed E-state index contributed by atoms with van der Waals surface area (Å²) in [6.45, 7) is 4.30. The predicted molar refractivity (Wildman–Crippen MR) is 233 cm³/mol. The Morgan fingerprint density at radius 1 is 0.554 bits per heavy atom. The molecule has 0 fully saturated rings. The second-order valence-electron chi connectivity index (χ2n) is 15.7. The number of carbonyl (C=O) groups is 2. The lowest BCUT2D eigenvalue weighted by atomic mass is 10.1. The van der Waals surface area contributed by atoms with Gasteiger partial charge in [0.05, 0.1) is 27.7 Å². The highest BCUT2D eigenvalue weighted by Crippen LogP contribution is 2.43. The van der Waals surface area contributed by atoms with Crippen LogP contribution in [0.5, 0.6) is 0 Å². The molecule has 0 aliphatic carbocycles. The number of esters is 2. The molecule has 10 heteroatoms. The van der Waals surface area contributed by atoms with E-state index in [1.165, 1.54) is 77.0 Å². The number of quaternary nitrogens is 1. The van der Waals surface area contributed by atoms with Crippen molar-refractivity contribution < 1.29 is 42.1 Å². The van der Waals surface area contributed by atoms with Gasteiger partial charge in [0.15, 0.2) is 6.10 Å². The molecule has 0 saturated heterocycles. The Hall–Kier alpha value is -2.29. The van der Waals surface area contributed by atoms with Crippen molar-refractivity contribution in [1.82, 2.24) is 0 Å². The first-order valence-corrected chi connectivity index (χ1v) is 23.5. The van der Waals surface area contributed by atoms with Crippen LogP contribution in [0.4, 0.5) is 0 Å². The van der Waals surface area contributed by atoms with Gasteiger partial charge in [-0.15, -0.1) is 0 Å². The molecule has 56 heavy (non-hydrogen) atoms. The van der Waals surface area contributed by atoms with Crippen molar-refractivity contribution >= 4 is 19.8 Å². The van der Waals surface area contributed by atoms with E-state index in [-0.39, 0.29) is 26.1 Å². The first kappa shape index (κ1) is 53.7. The van der Waals surface area contributed by atoms with Crippen molar-refractivity contribution in [3.8, 4) is 0 Å². The Morgan fingerprint density at radius 2 is 0.982 bits per heavy atom. The number of likely N-dealkylation sites (N-methyl/N-ethyl adjacent to an activating group) is 1. The Balaban J connectivity index is 4.47. The maximum absolute atomic E-state index is 12.7. The summed E-state index contributed by atoms with van der Waals surface area (Å²) >= 11 is 0. The number of hydrogen-bond acceptors (Lipinski definition) is 7. The van der Waals surface area contributed by atoms with Crippen LogP contribution in [-0.2, 0) is 32.7 Å². The second kappa shape index (κ2) is 38.2. The normalized spacial score (nSPS) is 14.2. The molecule has 0 saturated carbocycles. The number of phosphoric ester groups is 1. The minimum Gasteiger partial charge on any atom is -0.462 e. The van der Waals surface area contributed by atoms with Gasteiger partial charge in [-0.25, -0.2) is 4.57 Å². The van der Waals surface area contributed by atoms with Crippen LogP contribution in [0, 0.1) is 0 Å². The number of hydrogen-bond donors (Lipinski definition) is 1. The van der Waals surface area contributed by atoms with E-state index in [0.29, 0.717) is 23.9 Å². The van der Waals surface area contributed by atoms with Crippen molar-refractivity contribution in [3.63, 3.8) is 0 Å². The smallest absolute Gasteiger partial charge is 0.462 e. The number of allylic oxidation sites excluding steroid dienone is 10. The van der Waals surface area contributed by atoms with Gasteiger partial charge >= 0.3 is 19.8 Å². The van der Waals surface area contributed by atoms with Crippen LogP contribution in [0.1, 0.15) is 168 Å². The third kappa shape index (κ3) is 41.3. The quantitative estimate of drug-likeness (QED) is 0.0215. The van der Waals surface area contributed by atoms with E-state index in [1.807, 2.05) is 21.1 Å². The van der Waals surface area contributed by atoms with Gasteiger partial charge in [0.1, 0.15) is 19.8 Å². The van der Waals surface area contributed by atoms with E-state index in [4.69, 9.17) is 18.5 Å². The van der Waals surface area contributed by atoms with Gasteiger partial charge in [0.25, 0.3) is 0 Å². The zero-order valence-corrected chi connectivity index (χ0v) is 37.2. The lowest BCUT2D eigenvalue weighted by molar-refractivity contribution is -0.870. The first-order chi connectivity index (χ1) is 27.0. The molecule has 0 heterocycles. The summed E-state index contributed by atoms with van der Waals surface area (Å²) in [6.07, 6.45) is 45.6. The van der Waals surface area contributed by atoms with Crippen LogP contribution in [0.2, 0.25) is 0 Å². The van der Waals surface area contributed by atoms with Crippen LogP contribution in [-0.4, -0.2) is 74.9 Å². The fourth-order valence-corrected chi connectivity index (χ4v) is 6.27. The standard InChI is InChI=1S/C46H82NO8P/c1-6-8-10-12-14-16-18-20-22-23-25-26-28-30-32-34-36-38-45(48)52-42-44(43-54-56(50,51)53-41-40-47(3,4)5)55-46(49)39-37-35-33-31-29-27-24-21-19-17-15-13-11-9-7-2/h14,16-17,19-20,22,25-26,30,32,44H,6-13,15,18,21,23-24,27-29,31,33-43H2,1-5H3/p+1/b16-14-,19-17-,22-20-,26-25-,32-30-/t44-/m1/s1. The number of carbonyl (C=O) groups excluding carboxylic acids is 2. The van der Waals surface area contributed by atoms with Crippen LogP contribution in [0.25, 0.3) is 0 Å². The van der Waals surface area contributed by atoms with Crippen LogP contribution < -0.4 is 0 Å². The zero-order valence-electron chi connectivity index (χ0n) is 36.3. The molecule has 0 bridgehead atoms. The van der Waals surface area contributed by atoms with Gasteiger partial charge in [-0.2, -0.15) is 0 Å². The number of nitrogens with zero attached hydrogens (tertiary/aromatic N) is 1. The Morgan fingerprint density at radius 3 is 1.54 bits per heavy atom. The molecule has 0 aliphatic heterocycles. The minimum atomic E-state index is -4.39. The molecule has 0 rings (SSSR count). The predicted octanol–water partition coefficient (Wildman–Crippen LogP) is 12.5. The molecular formula is C46H83NO8P+. The van der Waals surface area contributed by atoms with E-state index >= 15 is 0 Å². The average Bonchev–Trinajstić information content (AvgIpc) is 3.15. The van der Waals surface area contributed by atoms with E-state index in [1.54, 1.807) is 0 Å². The second-order valence-corrected chi connectivity index (χ2v) is 17.2. The molecule has 9 nitrogen and oxygen atoms in total. The highest BCUT2D eigenvalue weighted by molar-refractivity contribution is 7.47. The van der Waals surface area contributed by atoms with Crippen LogP contribution in [0.15, 0.2) is 60.8 Å². The summed E-state index contributed by atoms with van der Waals surface area (Å²) in [4.78, 5) is 35.3. The number of phosphoric acid groups is 1. The van der Waals surface area contributed by atoms with Crippen molar-refractivity contribution in [2.75, 3.05) is 47.5 Å². The van der Waals surface area contributed by atoms with Crippen molar-refractivity contribution in [2.24, 2.45) is 0 Å². The van der Waals surface area contributed by atoms with Crippen molar-refractivity contribution in [1.29, 1.82) is 0 Å². The minimum absolute atomic E-state index is 0.0202. The molecule has 0 aromatic carbocycles. The topological polar surface area (TPSA) is 108 Å². The van der Waals surface area contributed by atoms with E-state index in [2.05, 4.69) is 74.6 Å². The van der Waals surface area contributed by atoms with Gasteiger partial charge in [0.2, 0.25) is 0 Å². The Labute approximate surface area is 343 Å². The van der Waals surface area contributed by atoms with Crippen LogP contribution >= 0.6 is 7.82 Å². The van der Waals surface area contributed by atoms with Gasteiger partial charge in [-0.1, -0.05) is 139 Å². The van der Waals surface area contributed by atoms with Gasteiger partial charge in [0, 0.05) is 12.8 Å². The van der Waals surface area contributed by atoms with Gasteiger partial charge in [-0.3, -0.25) is 18.6 Å². The molecular weight excluding hydrogens is 725 g/mol. The summed E-state index contributed by atoms with van der Waals surface area (Å²) in [5.74, 6) is -0.873. The van der Waals surface area contributed by atoms with Gasteiger partial charge in [-0.05, 0) is 77.0 Å². The zero-order chi connectivity index (χ0) is 41.4. The Bertz CT molecular complexity index is 1140. The fourth-order valence-electron chi connectivity index (χ4n) is 5.53.